The van der Waals surface area contributed by atoms with Crippen LogP contribution >= 0.6 is 22.1 Å². The molecule has 3 N–H and O–H groups in total. The molecule has 0 saturated carbocycles. The van der Waals surface area contributed by atoms with Gasteiger partial charge in [0.25, 0.3) is 0 Å². The second-order valence-electron chi connectivity index (χ2n) is 12.4. The largest absolute Gasteiger partial charge is 0.481 e. The van der Waals surface area contributed by atoms with Gasteiger partial charge in [0.2, 0.25) is 0 Å². The second kappa shape index (κ2) is 12.0. The maximum Gasteiger partial charge on any atom is 0.416 e. The quantitative estimate of drug-likeness (QED) is 0.173. The third kappa shape index (κ3) is 6.00. The molecule has 0 radical (unpaired) electrons. The first-order valence-corrected chi connectivity index (χ1v) is 17.2. The number of alkyl halides is 3. The lowest BCUT2D eigenvalue weighted by Gasteiger charge is -2.43. The van der Waals surface area contributed by atoms with Gasteiger partial charge in [-0.15, -0.1) is 27.2 Å². The van der Waals surface area contributed by atoms with Crippen LogP contribution in [0.1, 0.15) is 77.6 Å². The number of halogens is 3. The zero-order valence-corrected chi connectivity index (χ0v) is 27.8. The van der Waals surface area contributed by atoms with Gasteiger partial charge in [-0.25, -0.2) is 4.68 Å². The highest BCUT2D eigenvalue weighted by atomic mass is 32.3. The molecule has 244 valence electrons. The number of aromatic nitrogens is 3. The number of carbonyl (C=O) groups is 1. The molecule has 3 heterocycles. The second-order valence-corrected chi connectivity index (χ2v) is 15.7. The molecule has 0 aliphatic carbocycles. The first-order valence-electron chi connectivity index (χ1n) is 14.9. The highest BCUT2D eigenvalue weighted by molar-refractivity contribution is 8.22. The summed E-state index contributed by atoms with van der Waals surface area (Å²) in [5.41, 5.74) is 2.34. The van der Waals surface area contributed by atoms with Crippen molar-refractivity contribution in [2.45, 2.75) is 84.5 Å². The van der Waals surface area contributed by atoms with E-state index in [9.17, 15) is 32.2 Å². The van der Waals surface area contributed by atoms with Crippen molar-refractivity contribution in [3.8, 4) is 0 Å². The number of aliphatic carboxylic acids is 1. The Morgan fingerprint density at radius 1 is 1.13 bits per heavy atom. The van der Waals surface area contributed by atoms with Crippen LogP contribution in [0.5, 0.6) is 0 Å². The van der Waals surface area contributed by atoms with Crippen molar-refractivity contribution in [1.29, 1.82) is 0 Å². The number of benzene rings is 2. The van der Waals surface area contributed by atoms with Crippen molar-refractivity contribution >= 4 is 39.1 Å². The van der Waals surface area contributed by atoms with Gasteiger partial charge in [0.15, 0.2) is 0 Å². The van der Waals surface area contributed by atoms with Gasteiger partial charge in [0.05, 0.1) is 21.4 Å². The molecule has 5 rings (SSSR count). The van der Waals surface area contributed by atoms with E-state index < -0.39 is 39.8 Å². The van der Waals surface area contributed by atoms with Crippen LogP contribution in [0.25, 0.3) is 11.0 Å². The van der Waals surface area contributed by atoms with E-state index in [1.807, 2.05) is 45.9 Å². The fourth-order valence-electron chi connectivity index (χ4n) is 6.27. The summed E-state index contributed by atoms with van der Waals surface area (Å²) in [6.45, 7) is 12.2. The fourth-order valence-corrected chi connectivity index (χ4v) is 9.43. The number of carboxylic acid groups (broad SMARTS) is 1. The number of fused-ring (bicyclic) bond motifs is 2. The normalized spacial score (nSPS) is 18.9. The minimum absolute atomic E-state index is 0.00261. The van der Waals surface area contributed by atoms with Gasteiger partial charge in [-0.05, 0) is 93.5 Å². The molecule has 0 amide bonds. The van der Waals surface area contributed by atoms with Gasteiger partial charge in [0, 0.05) is 35.3 Å². The maximum absolute atomic E-state index is 13.6. The predicted molar refractivity (Wildman–Crippen MR) is 171 cm³/mol. The Labute approximate surface area is 266 Å². The van der Waals surface area contributed by atoms with Gasteiger partial charge < -0.3 is 5.11 Å². The fraction of sp³-hybridized carbons (Fsp3) is 0.469. The van der Waals surface area contributed by atoms with Crippen LogP contribution in [0.3, 0.4) is 0 Å². The lowest BCUT2D eigenvalue weighted by molar-refractivity contribution is -0.147. The van der Waals surface area contributed by atoms with Gasteiger partial charge in [-0.2, -0.15) is 17.5 Å². The lowest BCUT2D eigenvalue weighted by Crippen LogP contribution is -2.32. The maximum atomic E-state index is 13.6. The van der Waals surface area contributed by atoms with E-state index in [0.717, 1.165) is 44.1 Å². The Morgan fingerprint density at radius 3 is 2.47 bits per heavy atom. The van der Waals surface area contributed by atoms with Crippen molar-refractivity contribution in [2.24, 2.45) is 11.3 Å². The predicted octanol–water partition coefficient (Wildman–Crippen LogP) is 8.50. The number of thiophene rings is 1. The molecule has 45 heavy (non-hydrogen) atoms. The molecule has 2 aromatic heterocycles. The van der Waals surface area contributed by atoms with Crippen molar-refractivity contribution in [3.05, 3.63) is 74.0 Å². The van der Waals surface area contributed by atoms with Gasteiger partial charge in [-0.3, -0.25) is 13.9 Å². The SMILES string of the molecule is CCC1Cc2ccc(C(F)(F)F)cc2S(O)(O)N(Cc2cc(C(c3ccc4c(nnn4CC)c3C)C(C)(C)C(=O)O)sc2C)C1. The number of hydrogen-bond acceptors (Lipinski definition) is 7. The number of nitrogens with zero attached hydrogens (tertiary/aromatic N) is 4. The summed E-state index contributed by atoms with van der Waals surface area (Å²) in [7, 11) is -3.77. The Kier molecular flexibility index (Phi) is 8.90. The summed E-state index contributed by atoms with van der Waals surface area (Å²) in [4.78, 5) is 14.2. The molecule has 0 bridgehead atoms. The van der Waals surface area contributed by atoms with E-state index >= 15 is 0 Å². The third-order valence-electron chi connectivity index (χ3n) is 9.13. The molecule has 8 nitrogen and oxygen atoms in total. The minimum Gasteiger partial charge on any atom is -0.481 e. The Bertz CT molecular complexity index is 1750. The number of hydrogen-bond donors (Lipinski definition) is 3. The molecule has 2 atom stereocenters. The van der Waals surface area contributed by atoms with Crippen LogP contribution in [0.4, 0.5) is 13.2 Å². The number of aryl methyl sites for hydroxylation is 3. The topological polar surface area (TPSA) is 112 Å². The van der Waals surface area contributed by atoms with E-state index in [1.165, 1.54) is 21.7 Å². The van der Waals surface area contributed by atoms with E-state index in [2.05, 4.69) is 10.3 Å². The zero-order chi connectivity index (χ0) is 33.1. The highest BCUT2D eigenvalue weighted by Gasteiger charge is 2.42. The molecule has 0 fully saturated rings. The summed E-state index contributed by atoms with van der Waals surface area (Å²) >= 11 is 1.44. The monoisotopic (exact) mass is 664 g/mol. The van der Waals surface area contributed by atoms with Crippen LogP contribution in [-0.2, 0) is 30.5 Å². The first-order chi connectivity index (χ1) is 21.0. The molecule has 1 aliphatic heterocycles. The molecule has 13 heteroatoms. The van der Waals surface area contributed by atoms with Crippen LogP contribution in [-0.4, -0.2) is 46.0 Å². The van der Waals surface area contributed by atoms with Crippen LogP contribution in [0, 0.1) is 25.2 Å². The van der Waals surface area contributed by atoms with E-state index in [-0.39, 0.29) is 23.9 Å². The Morgan fingerprint density at radius 2 is 1.84 bits per heavy atom. The van der Waals surface area contributed by atoms with E-state index in [4.69, 9.17) is 0 Å². The first kappa shape index (κ1) is 33.4. The molecule has 0 spiro atoms. The van der Waals surface area contributed by atoms with Gasteiger partial charge >= 0.3 is 12.1 Å². The van der Waals surface area contributed by atoms with E-state index in [1.54, 1.807) is 18.5 Å². The molecular formula is C32H39F3N4O4S2. The smallest absolute Gasteiger partial charge is 0.416 e. The van der Waals surface area contributed by atoms with Crippen molar-refractivity contribution in [1.82, 2.24) is 19.3 Å². The molecule has 2 aromatic carbocycles. The molecule has 2 unspecified atom stereocenters. The van der Waals surface area contributed by atoms with E-state index in [0.29, 0.717) is 30.5 Å². The Hall–Kier alpha value is -2.97. The lowest BCUT2D eigenvalue weighted by atomic mass is 9.72. The average molecular weight is 665 g/mol. The Balaban J connectivity index is 1.58. The molecule has 4 aromatic rings. The number of rotatable bonds is 8. The minimum atomic E-state index is -4.62. The van der Waals surface area contributed by atoms with Gasteiger partial charge in [-0.1, -0.05) is 30.7 Å². The number of carboxylic acids is 1. The summed E-state index contributed by atoms with van der Waals surface area (Å²) in [5.74, 6) is -1.54. The van der Waals surface area contributed by atoms with Crippen LogP contribution in [0.2, 0.25) is 0 Å². The summed E-state index contributed by atoms with van der Waals surface area (Å²) in [6.07, 6.45) is -3.48. The van der Waals surface area contributed by atoms with Crippen LogP contribution in [0.15, 0.2) is 41.3 Å². The summed E-state index contributed by atoms with van der Waals surface area (Å²) in [6, 6.07) is 9.00. The van der Waals surface area contributed by atoms with Gasteiger partial charge in [0.1, 0.15) is 5.52 Å². The average Bonchev–Trinajstić information content (AvgIpc) is 3.52. The van der Waals surface area contributed by atoms with Crippen LogP contribution < -0.4 is 0 Å². The molecular weight excluding hydrogens is 626 g/mol. The summed E-state index contributed by atoms with van der Waals surface area (Å²) in [5, 5.41) is 19.0. The molecule has 0 saturated heterocycles. The highest BCUT2D eigenvalue weighted by Crippen LogP contribution is 2.57. The van der Waals surface area contributed by atoms with Crippen molar-refractivity contribution < 1.29 is 32.2 Å². The van der Waals surface area contributed by atoms with Crippen molar-refractivity contribution in [2.75, 3.05) is 6.54 Å². The zero-order valence-electron chi connectivity index (χ0n) is 26.1. The summed E-state index contributed by atoms with van der Waals surface area (Å²) < 4.78 is 67.4. The van der Waals surface area contributed by atoms with Crippen molar-refractivity contribution in [3.63, 3.8) is 0 Å². The molecule has 1 aliphatic rings. The third-order valence-corrected chi connectivity index (χ3v) is 12.3. The standard InChI is InChI=1S/C32H39F3N4O4S2/c1-7-20-13-21-9-10-23(32(33,34)35)15-27(21)45(42,43)38(16-20)17-22-14-26(44-19(22)4)28(31(5,6)30(40)41)24-11-12-25-29(18(24)3)36-37-39(25)8-2/h9-12,14-15,20,28,42-43H,7-8,13,16-17H2,1-6H3,(H,40,41).